The first-order valence-corrected chi connectivity index (χ1v) is 6.78. The molecule has 0 saturated heterocycles. The van der Waals surface area contributed by atoms with E-state index in [0.717, 1.165) is 18.4 Å². The molecule has 0 saturated carbocycles. The summed E-state index contributed by atoms with van der Waals surface area (Å²) >= 11 is 0. The van der Waals surface area contributed by atoms with Gasteiger partial charge in [0, 0.05) is 6.20 Å². The van der Waals surface area contributed by atoms with Crippen LogP contribution in [0.1, 0.15) is 25.3 Å². The molecule has 1 aromatic rings. The topological polar surface area (TPSA) is 46.2 Å². The Balaban J connectivity index is 2.74. The molecular weight excluding hydrogens is 222 g/mol. The Morgan fingerprint density at radius 2 is 1.88 bits per heavy atom. The number of allylic oxidation sites excluding steroid dienone is 1. The van der Waals surface area contributed by atoms with Crippen molar-refractivity contribution < 1.29 is 8.42 Å². The number of sulfonamides is 1. The first-order valence-electron chi connectivity index (χ1n) is 5.30. The Labute approximate surface area is 97.2 Å². The van der Waals surface area contributed by atoms with Gasteiger partial charge >= 0.3 is 0 Å². The minimum atomic E-state index is -3.39. The smallest absolute Gasteiger partial charge is 0.261 e. The van der Waals surface area contributed by atoms with Gasteiger partial charge in [-0.15, -0.1) is 0 Å². The standard InChI is InChI=1S/C12H17NO2S/c1-3-4-5-10-13-16(14,15)12-8-6-11(2)7-9-12/h5-10,13H,3-4H2,1-2H3/b10-5-. The monoisotopic (exact) mass is 239 g/mol. The van der Waals surface area contributed by atoms with Gasteiger partial charge in [0.05, 0.1) is 4.90 Å². The van der Waals surface area contributed by atoms with Gasteiger partial charge < -0.3 is 0 Å². The van der Waals surface area contributed by atoms with Crippen molar-refractivity contribution in [3.63, 3.8) is 0 Å². The molecule has 0 amide bonds. The van der Waals surface area contributed by atoms with Crippen molar-refractivity contribution in [2.75, 3.05) is 0 Å². The van der Waals surface area contributed by atoms with E-state index >= 15 is 0 Å². The average Bonchev–Trinajstić information content (AvgIpc) is 2.25. The van der Waals surface area contributed by atoms with Crippen LogP contribution in [0.15, 0.2) is 41.4 Å². The van der Waals surface area contributed by atoms with Crippen molar-refractivity contribution in [2.24, 2.45) is 0 Å². The Bertz CT molecular complexity index is 446. The predicted molar refractivity (Wildman–Crippen MR) is 65.5 cm³/mol. The van der Waals surface area contributed by atoms with Crippen LogP contribution in [0.5, 0.6) is 0 Å². The molecule has 0 spiro atoms. The lowest BCUT2D eigenvalue weighted by molar-refractivity contribution is 0.590. The Morgan fingerprint density at radius 3 is 2.44 bits per heavy atom. The van der Waals surface area contributed by atoms with Crippen molar-refractivity contribution in [3.05, 3.63) is 42.1 Å². The van der Waals surface area contributed by atoms with Gasteiger partial charge in [0.25, 0.3) is 10.0 Å². The highest BCUT2D eigenvalue weighted by Crippen LogP contribution is 2.09. The van der Waals surface area contributed by atoms with Gasteiger partial charge in [-0.1, -0.05) is 37.1 Å². The number of benzene rings is 1. The number of aryl methyl sites for hydroxylation is 1. The third-order valence-electron chi connectivity index (χ3n) is 2.13. The fraction of sp³-hybridized carbons (Fsp3) is 0.333. The first-order chi connectivity index (χ1) is 7.56. The van der Waals surface area contributed by atoms with Gasteiger partial charge in [0.2, 0.25) is 0 Å². The predicted octanol–water partition coefficient (Wildman–Crippen LogP) is 2.59. The Kier molecular flexibility index (Phi) is 4.55. The molecule has 4 heteroatoms. The van der Waals surface area contributed by atoms with Crippen LogP contribution < -0.4 is 4.72 Å². The van der Waals surface area contributed by atoms with Crippen molar-refractivity contribution in [2.45, 2.75) is 31.6 Å². The second-order valence-corrected chi connectivity index (χ2v) is 5.34. The number of hydrogen-bond donors (Lipinski definition) is 1. The maximum atomic E-state index is 11.7. The summed E-state index contributed by atoms with van der Waals surface area (Å²) in [6.45, 7) is 3.96. The van der Waals surface area contributed by atoms with Crippen LogP contribution in [-0.4, -0.2) is 8.42 Å². The lowest BCUT2D eigenvalue weighted by Crippen LogP contribution is -2.17. The SMILES string of the molecule is CCC/C=C\NS(=O)(=O)c1ccc(C)cc1. The van der Waals surface area contributed by atoms with Crippen LogP contribution in [0.2, 0.25) is 0 Å². The van der Waals surface area contributed by atoms with E-state index in [1.165, 1.54) is 6.20 Å². The number of unbranched alkanes of at least 4 members (excludes halogenated alkanes) is 1. The highest BCUT2D eigenvalue weighted by atomic mass is 32.2. The second kappa shape index (κ2) is 5.70. The molecule has 1 aromatic carbocycles. The van der Waals surface area contributed by atoms with E-state index in [-0.39, 0.29) is 0 Å². The van der Waals surface area contributed by atoms with E-state index in [2.05, 4.69) is 4.72 Å². The van der Waals surface area contributed by atoms with E-state index in [9.17, 15) is 8.42 Å². The normalized spacial score (nSPS) is 11.9. The molecule has 0 atom stereocenters. The van der Waals surface area contributed by atoms with Crippen LogP contribution in [0.3, 0.4) is 0 Å². The van der Waals surface area contributed by atoms with Crippen LogP contribution in [0.25, 0.3) is 0 Å². The highest BCUT2D eigenvalue weighted by Gasteiger charge is 2.10. The van der Waals surface area contributed by atoms with Gasteiger partial charge in [-0.05, 0) is 25.5 Å². The molecule has 3 nitrogen and oxygen atoms in total. The third-order valence-corrected chi connectivity index (χ3v) is 3.47. The third kappa shape index (κ3) is 3.70. The summed E-state index contributed by atoms with van der Waals surface area (Å²) in [5.41, 5.74) is 1.04. The summed E-state index contributed by atoms with van der Waals surface area (Å²) in [4.78, 5) is 0.291. The van der Waals surface area contributed by atoms with Gasteiger partial charge in [-0.2, -0.15) is 0 Å². The van der Waals surface area contributed by atoms with Crippen molar-refractivity contribution >= 4 is 10.0 Å². The zero-order valence-corrected chi connectivity index (χ0v) is 10.4. The molecule has 0 bridgehead atoms. The number of rotatable bonds is 5. The lowest BCUT2D eigenvalue weighted by Gasteiger charge is -2.03. The molecule has 0 fully saturated rings. The Hall–Kier alpha value is -1.29. The minimum Gasteiger partial charge on any atom is -0.287 e. The van der Waals surface area contributed by atoms with Crippen LogP contribution in [-0.2, 0) is 10.0 Å². The fourth-order valence-electron chi connectivity index (χ4n) is 1.17. The van der Waals surface area contributed by atoms with Gasteiger partial charge in [-0.3, -0.25) is 4.72 Å². The summed E-state index contributed by atoms with van der Waals surface area (Å²) in [6, 6.07) is 6.77. The molecule has 1 N–H and O–H groups in total. The molecule has 0 aliphatic carbocycles. The molecule has 16 heavy (non-hydrogen) atoms. The molecule has 0 aromatic heterocycles. The van der Waals surface area contributed by atoms with Gasteiger partial charge in [0.1, 0.15) is 0 Å². The fourth-order valence-corrected chi connectivity index (χ4v) is 2.08. The molecule has 0 radical (unpaired) electrons. The molecule has 1 rings (SSSR count). The lowest BCUT2D eigenvalue weighted by atomic mass is 10.2. The maximum Gasteiger partial charge on any atom is 0.261 e. The van der Waals surface area contributed by atoms with Crippen LogP contribution in [0, 0.1) is 6.92 Å². The quantitative estimate of drug-likeness (QED) is 0.858. The van der Waals surface area contributed by atoms with Crippen molar-refractivity contribution in [1.82, 2.24) is 4.72 Å². The molecule has 0 aliphatic rings. The minimum absolute atomic E-state index is 0.291. The van der Waals surface area contributed by atoms with E-state index in [1.54, 1.807) is 24.3 Å². The van der Waals surface area contributed by atoms with Crippen molar-refractivity contribution in [1.29, 1.82) is 0 Å². The molecule has 0 heterocycles. The molecule has 0 aliphatic heterocycles. The average molecular weight is 239 g/mol. The van der Waals surface area contributed by atoms with Gasteiger partial charge in [-0.25, -0.2) is 8.42 Å². The summed E-state index contributed by atoms with van der Waals surface area (Å²) in [5, 5.41) is 0. The van der Waals surface area contributed by atoms with E-state index in [4.69, 9.17) is 0 Å². The Morgan fingerprint density at radius 1 is 1.25 bits per heavy atom. The van der Waals surface area contributed by atoms with Crippen LogP contribution >= 0.6 is 0 Å². The zero-order chi connectivity index (χ0) is 12.0. The summed E-state index contributed by atoms with van der Waals surface area (Å²) in [5.74, 6) is 0. The van der Waals surface area contributed by atoms with Crippen molar-refractivity contribution in [3.8, 4) is 0 Å². The second-order valence-electron chi connectivity index (χ2n) is 3.63. The van der Waals surface area contributed by atoms with Crippen LogP contribution in [0.4, 0.5) is 0 Å². The molecule has 0 unspecified atom stereocenters. The van der Waals surface area contributed by atoms with E-state index < -0.39 is 10.0 Å². The maximum absolute atomic E-state index is 11.7. The number of nitrogens with one attached hydrogen (secondary N) is 1. The van der Waals surface area contributed by atoms with E-state index in [1.807, 2.05) is 19.9 Å². The van der Waals surface area contributed by atoms with E-state index in [0.29, 0.717) is 4.90 Å². The number of hydrogen-bond acceptors (Lipinski definition) is 2. The largest absolute Gasteiger partial charge is 0.287 e. The van der Waals surface area contributed by atoms with Gasteiger partial charge in [0.15, 0.2) is 0 Å². The molecule has 88 valence electrons. The summed E-state index contributed by atoms with van der Waals surface area (Å²) in [6.07, 6.45) is 5.17. The summed E-state index contributed by atoms with van der Waals surface area (Å²) in [7, 11) is -3.39. The molecular formula is C12H17NO2S. The summed E-state index contributed by atoms with van der Waals surface area (Å²) < 4.78 is 25.9. The highest BCUT2D eigenvalue weighted by molar-refractivity contribution is 7.89. The first kappa shape index (κ1) is 12.8. The zero-order valence-electron chi connectivity index (χ0n) is 9.60.